The molecule has 2 nitrogen and oxygen atoms in total. The number of aromatic nitrogens is 1. The first kappa shape index (κ1) is 9.00. The number of pyridine rings is 1. The van der Waals surface area contributed by atoms with Gasteiger partial charge in [-0.05, 0) is 24.1 Å². The third-order valence-corrected chi connectivity index (χ3v) is 2.28. The smallest absolute Gasteiger partial charge is 0.211 e. The third kappa shape index (κ3) is 1.69. The summed E-state index contributed by atoms with van der Waals surface area (Å²) in [4.78, 5) is 4.07. The maximum absolute atomic E-state index is 9.24. The van der Waals surface area contributed by atoms with Gasteiger partial charge in [0.1, 0.15) is 0 Å². The van der Waals surface area contributed by atoms with Crippen LogP contribution in [0.15, 0.2) is 30.3 Å². The molecule has 2 aromatic rings. The zero-order valence-electron chi connectivity index (χ0n) is 8.20. The Morgan fingerprint density at radius 1 is 1.21 bits per heavy atom. The first-order valence-corrected chi connectivity index (χ1v) is 4.88. The van der Waals surface area contributed by atoms with E-state index < -0.39 is 0 Å². The summed E-state index contributed by atoms with van der Waals surface area (Å²) in [5, 5.41) is 10.3. The lowest BCUT2D eigenvalue weighted by atomic mass is 10.1. The van der Waals surface area contributed by atoms with Crippen LogP contribution in [0.1, 0.15) is 18.9 Å². The SMILES string of the molecule is CCCc1ccc2ccc(O)nc2c1. The van der Waals surface area contributed by atoms with E-state index in [4.69, 9.17) is 0 Å². The van der Waals surface area contributed by atoms with Crippen molar-refractivity contribution in [3.63, 3.8) is 0 Å². The number of aryl methyl sites for hydroxylation is 1. The van der Waals surface area contributed by atoms with E-state index >= 15 is 0 Å². The van der Waals surface area contributed by atoms with Crippen LogP contribution in [0, 0.1) is 0 Å². The number of benzene rings is 1. The van der Waals surface area contributed by atoms with Crippen molar-refractivity contribution in [3.05, 3.63) is 35.9 Å². The number of fused-ring (bicyclic) bond motifs is 1. The molecule has 72 valence electrons. The van der Waals surface area contributed by atoms with Gasteiger partial charge in [-0.25, -0.2) is 4.98 Å². The Labute approximate surface area is 83.2 Å². The molecule has 0 aliphatic rings. The van der Waals surface area contributed by atoms with Crippen molar-refractivity contribution >= 4 is 10.9 Å². The molecule has 0 spiro atoms. The molecule has 0 saturated carbocycles. The number of aromatic hydroxyl groups is 1. The first-order chi connectivity index (χ1) is 6.79. The topological polar surface area (TPSA) is 33.1 Å². The van der Waals surface area contributed by atoms with Crippen molar-refractivity contribution in [2.24, 2.45) is 0 Å². The molecule has 0 unspecified atom stereocenters. The second-order valence-corrected chi connectivity index (χ2v) is 3.45. The van der Waals surface area contributed by atoms with Crippen LogP contribution in [0.3, 0.4) is 0 Å². The summed E-state index contributed by atoms with van der Waals surface area (Å²) >= 11 is 0. The Kier molecular flexibility index (Phi) is 2.35. The van der Waals surface area contributed by atoms with Gasteiger partial charge >= 0.3 is 0 Å². The Bertz CT molecular complexity index is 451. The number of hydrogen-bond acceptors (Lipinski definition) is 2. The maximum atomic E-state index is 9.24. The minimum Gasteiger partial charge on any atom is -0.493 e. The van der Waals surface area contributed by atoms with Gasteiger partial charge in [0.2, 0.25) is 5.88 Å². The van der Waals surface area contributed by atoms with Gasteiger partial charge in [0, 0.05) is 11.5 Å². The molecule has 0 atom stereocenters. The maximum Gasteiger partial charge on any atom is 0.211 e. The summed E-state index contributed by atoms with van der Waals surface area (Å²) in [6.07, 6.45) is 2.19. The lowest BCUT2D eigenvalue weighted by Crippen LogP contribution is -1.85. The van der Waals surface area contributed by atoms with Gasteiger partial charge in [0.25, 0.3) is 0 Å². The van der Waals surface area contributed by atoms with Crippen LogP contribution in [0.2, 0.25) is 0 Å². The standard InChI is InChI=1S/C12H13NO/c1-2-3-9-4-5-10-6-7-12(14)13-11(10)8-9/h4-8H,2-3H2,1H3,(H,13,14). The molecule has 1 aromatic carbocycles. The Balaban J connectivity index is 2.52. The third-order valence-electron chi connectivity index (χ3n) is 2.28. The molecule has 1 N–H and O–H groups in total. The van der Waals surface area contributed by atoms with Gasteiger partial charge in [-0.3, -0.25) is 0 Å². The van der Waals surface area contributed by atoms with E-state index in [0.717, 1.165) is 23.7 Å². The second kappa shape index (κ2) is 3.66. The Morgan fingerprint density at radius 2 is 2.00 bits per heavy atom. The molecule has 2 rings (SSSR count). The van der Waals surface area contributed by atoms with E-state index in [9.17, 15) is 5.11 Å². The molecule has 1 heterocycles. The van der Waals surface area contributed by atoms with E-state index in [2.05, 4.69) is 18.0 Å². The van der Waals surface area contributed by atoms with E-state index in [-0.39, 0.29) is 5.88 Å². The predicted molar refractivity (Wildman–Crippen MR) is 57.4 cm³/mol. The molecular formula is C12H13NO. The first-order valence-electron chi connectivity index (χ1n) is 4.88. The van der Waals surface area contributed by atoms with Crippen LogP contribution in [-0.4, -0.2) is 10.1 Å². The average molecular weight is 187 g/mol. The molecule has 0 saturated heterocycles. The van der Waals surface area contributed by atoms with E-state index in [1.807, 2.05) is 18.2 Å². The lowest BCUT2D eigenvalue weighted by molar-refractivity contribution is 0.456. The van der Waals surface area contributed by atoms with E-state index in [1.54, 1.807) is 6.07 Å². The summed E-state index contributed by atoms with van der Waals surface area (Å²) in [5.41, 5.74) is 2.15. The summed E-state index contributed by atoms with van der Waals surface area (Å²) in [5.74, 6) is 0.0890. The number of nitrogens with zero attached hydrogens (tertiary/aromatic N) is 1. The minimum absolute atomic E-state index is 0.0890. The van der Waals surface area contributed by atoms with Crippen molar-refractivity contribution in [3.8, 4) is 5.88 Å². The van der Waals surface area contributed by atoms with Gasteiger partial charge < -0.3 is 5.11 Å². The molecule has 0 fully saturated rings. The van der Waals surface area contributed by atoms with Crippen LogP contribution < -0.4 is 0 Å². The van der Waals surface area contributed by atoms with Crippen LogP contribution >= 0.6 is 0 Å². The summed E-state index contributed by atoms with van der Waals surface area (Å²) in [6.45, 7) is 2.15. The summed E-state index contributed by atoms with van der Waals surface area (Å²) < 4.78 is 0. The van der Waals surface area contributed by atoms with Gasteiger partial charge in [0.15, 0.2) is 0 Å². The molecule has 14 heavy (non-hydrogen) atoms. The van der Waals surface area contributed by atoms with Crippen LogP contribution in [-0.2, 0) is 6.42 Å². The van der Waals surface area contributed by atoms with Gasteiger partial charge in [-0.2, -0.15) is 0 Å². The summed E-state index contributed by atoms with van der Waals surface area (Å²) in [7, 11) is 0. The molecule has 0 aliphatic heterocycles. The van der Waals surface area contributed by atoms with Crippen molar-refractivity contribution < 1.29 is 5.11 Å². The molecule has 0 bridgehead atoms. The number of rotatable bonds is 2. The van der Waals surface area contributed by atoms with E-state index in [0.29, 0.717) is 0 Å². The second-order valence-electron chi connectivity index (χ2n) is 3.45. The van der Waals surface area contributed by atoms with Crippen molar-refractivity contribution in [1.82, 2.24) is 4.98 Å². The molecule has 0 aliphatic carbocycles. The normalized spacial score (nSPS) is 10.6. The highest BCUT2D eigenvalue weighted by Gasteiger charge is 1.98. The van der Waals surface area contributed by atoms with Crippen LogP contribution in [0.4, 0.5) is 0 Å². The molecule has 0 amide bonds. The lowest BCUT2D eigenvalue weighted by Gasteiger charge is -2.01. The van der Waals surface area contributed by atoms with Gasteiger partial charge in [-0.1, -0.05) is 25.5 Å². The van der Waals surface area contributed by atoms with Crippen molar-refractivity contribution in [2.75, 3.05) is 0 Å². The minimum atomic E-state index is 0.0890. The molecule has 0 radical (unpaired) electrons. The van der Waals surface area contributed by atoms with Crippen LogP contribution in [0.5, 0.6) is 5.88 Å². The zero-order valence-corrected chi connectivity index (χ0v) is 8.20. The Hall–Kier alpha value is -1.57. The van der Waals surface area contributed by atoms with Crippen molar-refractivity contribution in [1.29, 1.82) is 0 Å². The van der Waals surface area contributed by atoms with Gasteiger partial charge in [-0.15, -0.1) is 0 Å². The fraction of sp³-hybridized carbons (Fsp3) is 0.250. The highest BCUT2D eigenvalue weighted by atomic mass is 16.3. The highest BCUT2D eigenvalue weighted by Crippen LogP contribution is 2.17. The van der Waals surface area contributed by atoms with Crippen molar-refractivity contribution in [2.45, 2.75) is 19.8 Å². The monoisotopic (exact) mass is 187 g/mol. The zero-order chi connectivity index (χ0) is 9.97. The highest BCUT2D eigenvalue weighted by molar-refractivity contribution is 5.79. The van der Waals surface area contributed by atoms with Gasteiger partial charge in [0.05, 0.1) is 5.52 Å². The largest absolute Gasteiger partial charge is 0.493 e. The average Bonchev–Trinajstić information content (AvgIpc) is 2.17. The molecular weight excluding hydrogens is 174 g/mol. The predicted octanol–water partition coefficient (Wildman–Crippen LogP) is 2.89. The van der Waals surface area contributed by atoms with E-state index in [1.165, 1.54) is 5.56 Å². The fourth-order valence-electron chi connectivity index (χ4n) is 1.60. The quantitative estimate of drug-likeness (QED) is 0.784. The summed E-state index contributed by atoms with van der Waals surface area (Å²) in [6, 6.07) is 9.70. The fourth-order valence-corrected chi connectivity index (χ4v) is 1.60. The molecule has 2 heteroatoms. The number of hydrogen-bond donors (Lipinski definition) is 1. The Morgan fingerprint density at radius 3 is 2.79 bits per heavy atom. The molecule has 1 aromatic heterocycles. The van der Waals surface area contributed by atoms with Crippen LogP contribution in [0.25, 0.3) is 10.9 Å².